The Bertz CT molecular complexity index is 232. The molecule has 0 saturated heterocycles. The van der Waals surface area contributed by atoms with Crippen LogP contribution in [0.4, 0.5) is 0 Å². The van der Waals surface area contributed by atoms with Gasteiger partial charge < -0.3 is 0 Å². The van der Waals surface area contributed by atoms with Crippen molar-refractivity contribution in [3.63, 3.8) is 0 Å². The fourth-order valence-electron chi connectivity index (χ4n) is 0.959. The Kier molecular flexibility index (Phi) is 1.98. The highest BCUT2D eigenvalue weighted by molar-refractivity contribution is 4.87. The second kappa shape index (κ2) is 2.64. The molecule has 1 rings (SSSR count). The topological polar surface area (TPSA) is 30.7 Å². The molecule has 3 nitrogen and oxygen atoms in total. The van der Waals surface area contributed by atoms with Crippen molar-refractivity contribution < 1.29 is 0 Å². The minimum atomic E-state index is 0.278. The molecule has 0 aliphatic rings. The van der Waals surface area contributed by atoms with Crippen molar-refractivity contribution in [3.05, 3.63) is 11.9 Å². The molecule has 0 bridgehead atoms. The molecule has 3 heteroatoms. The average Bonchev–Trinajstić information content (AvgIpc) is 2.10. The van der Waals surface area contributed by atoms with Crippen LogP contribution in [0.2, 0.25) is 0 Å². The minimum absolute atomic E-state index is 0.278. The molecule has 1 heterocycles. The minimum Gasteiger partial charge on any atom is -0.252 e. The Morgan fingerprint density at radius 2 is 2.09 bits per heavy atom. The Morgan fingerprint density at radius 3 is 2.45 bits per heavy atom. The zero-order valence-corrected chi connectivity index (χ0v) is 7.63. The SMILES string of the molecule is Cc1cn(CC(C)(C)C)nn1. The van der Waals surface area contributed by atoms with Gasteiger partial charge in [-0.1, -0.05) is 26.0 Å². The maximum absolute atomic E-state index is 3.97. The highest BCUT2D eigenvalue weighted by Gasteiger charge is 2.11. The lowest BCUT2D eigenvalue weighted by molar-refractivity contribution is 0.321. The van der Waals surface area contributed by atoms with E-state index in [-0.39, 0.29) is 5.41 Å². The average molecular weight is 153 g/mol. The second-order valence-electron chi connectivity index (χ2n) is 4.12. The number of aromatic nitrogens is 3. The Balaban J connectivity index is 2.65. The first-order valence-corrected chi connectivity index (χ1v) is 3.84. The molecule has 0 unspecified atom stereocenters. The van der Waals surface area contributed by atoms with E-state index in [0.29, 0.717) is 0 Å². The zero-order valence-electron chi connectivity index (χ0n) is 7.63. The van der Waals surface area contributed by atoms with Crippen LogP contribution >= 0.6 is 0 Å². The predicted molar refractivity (Wildman–Crippen MR) is 44.2 cm³/mol. The third kappa shape index (κ3) is 2.70. The maximum atomic E-state index is 3.97. The second-order valence-corrected chi connectivity index (χ2v) is 4.12. The summed E-state index contributed by atoms with van der Waals surface area (Å²) in [5.74, 6) is 0. The van der Waals surface area contributed by atoms with Gasteiger partial charge in [-0.2, -0.15) is 0 Å². The summed E-state index contributed by atoms with van der Waals surface area (Å²) in [5, 5.41) is 7.88. The molecule has 0 aliphatic carbocycles. The summed E-state index contributed by atoms with van der Waals surface area (Å²) in [6.45, 7) is 9.43. The molecule has 0 spiro atoms. The van der Waals surface area contributed by atoms with Crippen LogP contribution in [0, 0.1) is 12.3 Å². The van der Waals surface area contributed by atoms with E-state index >= 15 is 0 Å². The van der Waals surface area contributed by atoms with Gasteiger partial charge in [-0.05, 0) is 12.3 Å². The van der Waals surface area contributed by atoms with Crippen LogP contribution in [0.15, 0.2) is 6.20 Å². The molecule has 0 fully saturated rings. The van der Waals surface area contributed by atoms with Crippen LogP contribution in [0.1, 0.15) is 26.5 Å². The van der Waals surface area contributed by atoms with Crippen molar-refractivity contribution in [1.82, 2.24) is 15.0 Å². The van der Waals surface area contributed by atoms with Gasteiger partial charge >= 0.3 is 0 Å². The first kappa shape index (κ1) is 8.24. The van der Waals surface area contributed by atoms with E-state index in [1.165, 1.54) is 0 Å². The standard InChI is InChI=1S/C8H15N3/c1-7-5-11(10-9-7)6-8(2,3)4/h5H,6H2,1-4H3. The lowest BCUT2D eigenvalue weighted by Crippen LogP contribution is -2.15. The van der Waals surface area contributed by atoms with E-state index < -0.39 is 0 Å². The summed E-state index contributed by atoms with van der Waals surface area (Å²) in [4.78, 5) is 0. The van der Waals surface area contributed by atoms with Crippen molar-refractivity contribution in [2.24, 2.45) is 5.41 Å². The Morgan fingerprint density at radius 1 is 1.45 bits per heavy atom. The van der Waals surface area contributed by atoms with Crippen molar-refractivity contribution >= 4 is 0 Å². The van der Waals surface area contributed by atoms with E-state index in [1.54, 1.807) is 0 Å². The van der Waals surface area contributed by atoms with E-state index in [4.69, 9.17) is 0 Å². The van der Waals surface area contributed by atoms with E-state index in [9.17, 15) is 0 Å². The summed E-state index contributed by atoms with van der Waals surface area (Å²) >= 11 is 0. The summed E-state index contributed by atoms with van der Waals surface area (Å²) in [5.41, 5.74) is 1.26. The number of aryl methyl sites for hydroxylation is 1. The molecular formula is C8H15N3. The molecule has 11 heavy (non-hydrogen) atoms. The van der Waals surface area contributed by atoms with Crippen molar-refractivity contribution in [1.29, 1.82) is 0 Å². The third-order valence-corrected chi connectivity index (χ3v) is 1.29. The molecular weight excluding hydrogens is 138 g/mol. The Labute approximate surface area is 67.4 Å². The number of nitrogens with zero attached hydrogens (tertiary/aromatic N) is 3. The van der Waals surface area contributed by atoms with Crippen LogP contribution in [-0.2, 0) is 6.54 Å². The maximum Gasteiger partial charge on any atom is 0.0796 e. The first-order valence-electron chi connectivity index (χ1n) is 3.84. The van der Waals surface area contributed by atoms with Gasteiger partial charge in [0.15, 0.2) is 0 Å². The van der Waals surface area contributed by atoms with Crippen LogP contribution < -0.4 is 0 Å². The largest absolute Gasteiger partial charge is 0.252 e. The van der Waals surface area contributed by atoms with E-state index in [1.807, 2.05) is 17.8 Å². The molecule has 0 amide bonds. The fraction of sp³-hybridized carbons (Fsp3) is 0.750. The molecule has 0 saturated carbocycles. The number of rotatable bonds is 1. The highest BCUT2D eigenvalue weighted by atomic mass is 15.4. The van der Waals surface area contributed by atoms with Gasteiger partial charge in [-0.15, -0.1) is 5.10 Å². The molecule has 0 aromatic carbocycles. The quantitative estimate of drug-likeness (QED) is 0.614. The lowest BCUT2D eigenvalue weighted by Gasteiger charge is -2.16. The summed E-state index contributed by atoms with van der Waals surface area (Å²) in [6.07, 6.45) is 1.96. The summed E-state index contributed by atoms with van der Waals surface area (Å²) < 4.78 is 1.88. The van der Waals surface area contributed by atoms with Crippen LogP contribution in [0.25, 0.3) is 0 Å². The van der Waals surface area contributed by atoms with Gasteiger partial charge in [-0.3, -0.25) is 4.68 Å². The van der Waals surface area contributed by atoms with Crippen molar-refractivity contribution in [3.8, 4) is 0 Å². The van der Waals surface area contributed by atoms with Crippen molar-refractivity contribution in [2.45, 2.75) is 34.2 Å². The van der Waals surface area contributed by atoms with Gasteiger partial charge in [0.1, 0.15) is 0 Å². The fourth-order valence-corrected chi connectivity index (χ4v) is 0.959. The third-order valence-electron chi connectivity index (χ3n) is 1.29. The van der Waals surface area contributed by atoms with Crippen LogP contribution in [0.3, 0.4) is 0 Å². The molecule has 1 aromatic rings. The summed E-state index contributed by atoms with van der Waals surface area (Å²) in [6, 6.07) is 0. The lowest BCUT2D eigenvalue weighted by atomic mass is 9.97. The smallest absolute Gasteiger partial charge is 0.0796 e. The normalized spacial score (nSPS) is 12.0. The van der Waals surface area contributed by atoms with Gasteiger partial charge in [0.25, 0.3) is 0 Å². The molecule has 1 aromatic heterocycles. The number of hydrogen-bond donors (Lipinski definition) is 0. The van der Waals surface area contributed by atoms with Gasteiger partial charge in [0.05, 0.1) is 5.69 Å². The summed E-state index contributed by atoms with van der Waals surface area (Å²) in [7, 11) is 0. The zero-order chi connectivity index (χ0) is 8.48. The van der Waals surface area contributed by atoms with Crippen molar-refractivity contribution in [2.75, 3.05) is 0 Å². The van der Waals surface area contributed by atoms with Gasteiger partial charge in [-0.25, -0.2) is 0 Å². The highest BCUT2D eigenvalue weighted by Crippen LogP contribution is 2.14. The van der Waals surface area contributed by atoms with Crippen LogP contribution in [0.5, 0.6) is 0 Å². The molecule has 0 N–H and O–H groups in total. The molecule has 0 atom stereocenters. The van der Waals surface area contributed by atoms with Crippen LogP contribution in [-0.4, -0.2) is 15.0 Å². The van der Waals surface area contributed by atoms with E-state index in [0.717, 1.165) is 12.2 Å². The predicted octanol–water partition coefficient (Wildman–Crippen LogP) is 1.63. The van der Waals surface area contributed by atoms with Gasteiger partial charge in [0, 0.05) is 12.7 Å². The molecule has 0 aliphatic heterocycles. The molecule has 0 radical (unpaired) electrons. The monoisotopic (exact) mass is 153 g/mol. The number of hydrogen-bond acceptors (Lipinski definition) is 2. The molecule has 62 valence electrons. The first-order chi connectivity index (χ1) is 4.97. The van der Waals surface area contributed by atoms with E-state index in [2.05, 4.69) is 31.1 Å². The Hall–Kier alpha value is -0.860. The van der Waals surface area contributed by atoms with Gasteiger partial charge in [0.2, 0.25) is 0 Å².